The van der Waals surface area contributed by atoms with Crippen molar-refractivity contribution in [2.45, 2.75) is 25.8 Å². The number of para-hydroxylation sites is 1. The first-order chi connectivity index (χ1) is 13.7. The summed E-state index contributed by atoms with van der Waals surface area (Å²) in [4.78, 5) is 37.8. The molecule has 0 bridgehead atoms. The van der Waals surface area contributed by atoms with Crippen molar-refractivity contribution in [3.8, 4) is 0 Å². The highest BCUT2D eigenvalue weighted by Gasteiger charge is 2.23. The number of rotatable bonds is 5. The third kappa shape index (κ3) is 4.21. The van der Waals surface area contributed by atoms with E-state index in [1.807, 2.05) is 35.6 Å². The molecule has 2 N–H and O–H groups in total. The summed E-state index contributed by atoms with van der Waals surface area (Å²) in [6, 6.07) is 7.19. The molecule has 4 rings (SSSR count). The molecule has 0 radical (unpaired) electrons. The van der Waals surface area contributed by atoms with Crippen molar-refractivity contribution < 1.29 is 4.79 Å². The van der Waals surface area contributed by atoms with Crippen LogP contribution in [-0.2, 0) is 13.0 Å². The topological polar surface area (TPSA) is 95.9 Å². The van der Waals surface area contributed by atoms with Crippen LogP contribution in [0.15, 0.2) is 47.8 Å². The number of urea groups is 1. The fourth-order valence-electron chi connectivity index (χ4n) is 3.74. The fraction of sp³-hybridized carbons (Fsp3) is 0.400. The van der Waals surface area contributed by atoms with Crippen LogP contribution in [0.3, 0.4) is 0 Å². The fourth-order valence-corrected chi connectivity index (χ4v) is 3.74. The highest BCUT2D eigenvalue weighted by atomic mass is 16.2. The lowest BCUT2D eigenvalue weighted by Gasteiger charge is -2.33. The second kappa shape index (κ2) is 8.24. The summed E-state index contributed by atoms with van der Waals surface area (Å²) in [5.74, 6) is 1.02. The molecular weight excluding hydrogens is 356 g/mol. The number of aromatic amines is 1. The first kappa shape index (κ1) is 18.2. The molecule has 1 aromatic carbocycles. The molecular formula is C20H24N6O2. The summed E-state index contributed by atoms with van der Waals surface area (Å²) in [6.45, 7) is 2.83. The van der Waals surface area contributed by atoms with Crippen molar-refractivity contribution in [3.63, 3.8) is 0 Å². The number of imidazole rings is 1. The molecule has 0 saturated carbocycles. The Hall–Kier alpha value is -3.16. The highest BCUT2D eigenvalue weighted by molar-refractivity contribution is 5.77. The molecule has 1 fully saturated rings. The average Bonchev–Trinajstić information content (AvgIpc) is 3.21. The number of carbonyl (C=O) groups excluding carboxylic acids is 1. The molecule has 146 valence electrons. The van der Waals surface area contributed by atoms with Crippen molar-refractivity contribution in [2.24, 2.45) is 5.92 Å². The van der Waals surface area contributed by atoms with Crippen LogP contribution in [0.25, 0.3) is 10.9 Å². The van der Waals surface area contributed by atoms with E-state index in [2.05, 4.69) is 24.8 Å². The zero-order valence-electron chi connectivity index (χ0n) is 15.7. The molecule has 0 spiro atoms. The van der Waals surface area contributed by atoms with Crippen LogP contribution in [0, 0.1) is 5.92 Å². The number of benzene rings is 1. The molecule has 8 nitrogen and oxygen atoms in total. The van der Waals surface area contributed by atoms with Crippen LogP contribution in [-0.4, -0.2) is 50.1 Å². The maximum absolute atomic E-state index is 12.5. The summed E-state index contributed by atoms with van der Waals surface area (Å²) in [5, 5.41) is 3.53. The molecule has 3 aromatic rings. The van der Waals surface area contributed by atoms with Crippen molar-refractivity contribution in [1.29, 1.82) is 0 Å². The van der Waals surface area contributed by atoms with Gasteiger partial charge in [-0.15, -0.1) is 0 Å². The van der Waals surface area contributed by atoms with Gasteiger partial charge in [0.15, 0.2) is 0 Å². The molecule has 1 aliphatic heterocycles. The predicted molar refractivity (Wildman–Crippen MR) is 106 cm³/mol. The minimum Gasteiger partial charge on any atom is -0.338 e. The molecule has 1 saturated heterocycles. The van der Waals surface area contributed by atoms with Gasteiger partial charge in [0, 0.05) is 45.0 Å². The molecule has 3 heterocycles. The van der Waals surface area contributed by atoms with Crippen molar-refractivity contribution >= 4 is 16.9 Å². The third-order valence-electron chi connectivity index (χ3n) is 5.13. The van der Waals surface area contributed by atoms with Gasteiger partial charge in [0.1, 0.15) is 5.82 Å². The Balaban J connectivity index is 1.30. The van der Waals surface area contributed by atoms with E-state index in [9.17, 15) is 9.59 Å². The van der Waals surface area contributed by atoms with Crippen LogP contribution >= 0.6 is 0 Å². The van der Waals surface area contributed by atoms with Gasteiger partial charge in [-0.1, -0.05) is 12.1 Å². The number of piperidine rings is 1. The van der Waals surface area contributed by atoms with E-state index in [4.69, 9.17) is 0 Å². The zero-order valence-corrected chi connectivity index (χ0v) is 15.7. The van der Waals surface area contributed by atoms with Gasteiger partial charge in [-0.3, -0.25) is 4.79 Å². The predicted octanol–water partition coefficient (Wildman–Crippen LogP) is 1.78. The molecule has 0 unspecified atom stereocenters. The van der Waals surface area contributed by atoms with Crippen LogP contribution in [0.1, 0.15) is 18.7 Å². The number of likely N-dealkylation sites (tertiary alicyclic amines) is 1. The lowest BCUT2D eigenvalue weighted by molar-refractivity contribution is 0.159. The van der Waals surface area contributed by atoms with Crippen LogP contribution in [0.4, 0.5) is 4.79 Å². The van der Waals surface area contributed by atoms with Gasteiger partial charge in [0.05, 0.1) is 17.2 Å². The molecule has 28 heavy (non-hydrogen) atoms. The standard InChI is InChI=1S/C20H24N6O2/c27-19-16-5-1-2-6-17(16)23-18(24-19)7-8-22-20(28)26-10-3-4-15(13-26)12-25-11-9-21-14-25/h1-2,5-6,9,11,14-15H,3-4,7-8,10,12-13H2,(H,22,28)(H,23,24,27)/t15-/m0/s1. The average molecular weight is 380 g/mol. The van der Waals surface area contributed by atoms with E-state index >= 15 is 0 Å². The number of H-pyrrole nitrogens is 1. The van der Waals surface area contributed by atoms with Gasteiger partial charge in [0.2, 0.25) is 0 Å². The minimum absolute atomic E-state index is 0.0570. The van der Waals surface area contributed by atoms with Gasteiger partial charge in [-0.05, 0) is 30.9 Å². The monoisotopic (exact) mass is 380 g/mol. The highest BCUT2D eigenvalue weighted by Crippen LogP contribution is 2.18. The number of nitrogens with zero attached hydrogens (tertiary/aromatic N) is 4. The molecule has 0 aliphatic carbocycles. The molecule has 1 atom stereocenters. The summed E-state index contributed by atoms with van der Waals surface area (Å²) < 4.78 is 2.06. The van der Waals surface area contributed by atoms with Gasteiger partial charge in [0.25, 0.3) is 5.56 Å². The number of hydrogen-bond donors (Lipinski definition) is 2. The van der Waals surface area contributed by atoms with E-state index < -0.39 is 0 Å². The zero-order chi connectivity index (χ0) is 19.3. The van der Waals surface area contributed by atoms with Crippen LogP contribution in [0.2, 0.25) is 0 Å². The van der Waals surface area contributed by atoms with Crippen molar-refractivity contribution in [2.75, 3.05) is 19.6 Å². The maximum Gasteiger partial charge on any atom is 0.317 e. The Labute approximate surface area is 162 Å². The van der Waals surface area contributed by atoms with E-state index in [0.717, 1.165) is 32.5 Å². The summed E-state index contributed by atoms with van der Waals surface area (Å²) in [6.07, 6.45) is 8.15. The number of amides is 2. The quantitative estimate of drug-likeness (QED) is 0.705. The smallest absolute Gasteiger partial charge is 0.317 e. The van der Waals surface area contributed by atoms with Gasteiger partial charge >= 0.3 is 6.03 Å². The Morgan fingerprint density at radius 3 is 3.07 bits per heavy atom. The molecule has 2 amide bonds. The Morgan fingerprint density at radius 1 is 1.32 bits per heavy atom. The maximum atomic E-state index is 12.5. The Bertz CT molecular complexity index is 997. The Morgan fingerprint density at radius 2 is 2.21 bits per heavy atom. The number of carbonyl (C=O) groups is 1. The normalized spacial score (nSPS) is 17.0. The van der Waals surface area contributed by atoms with E-state index in [1.165, 1.54) is 0 Å². The first-order valence-electron chi connectivity index (χ1n) is 9.65. The molecule has 2 aromatic heterocycles. The van der Waals surface area contributed by atoms with E-state index in [1.54, 1.807) is 12.3 Å². The lowest BCUT2D eigenvalue weighted by atomic mass is 9.98. The Kier molecular flexibility index (Phi) is 5.36. The molecule has 8 heteroatoms. The molecule has 1 aliphatic rings. The summed E-state index contributed by atoms with van der Waals surface area (Å²) >= 11 is 0. The second-order valence-corrected chi connectivity index (χ2v) is 7.23. The second-order valence-electron chi connectivity index (χ2n) is 7.23. The van der Waals surface area contributed by atoms with E-state index in [-0.39, 0.29) is 11.6 Å². The number of nitrogens with one attached hydrogen (secondary N) is 2. The number of hydrogen-bond acceptors (Lipinski definition) is 4. The first-order valence-corrected chi connectivity index (χ1v) is 9.65. The lowest BCUT2D eigenvalue weighted by Crippen LogP contribution is -2.46. The largest absolute Gasteiger partial charge is 0.338 e. The van der Waals surface area contributed by atoms with Crippen LogP contribution in [0.5, 0.6) is 0 Å². The van der Waals surface area contributed by atoms with Crippen LogP contribution < -0.4 is 10.9 Å². The van der Waals surface area contributed by atoms with Gasteiger partial charge in [-0.25, -0.2) is 14.8 Å². The number of aromatic nitrogens is 4. The SMILES string of the molecule is O=C(NCCc1nc2ccccc2c(=O)[nH]1)N1CCC[C@@H](Cn2ccnc2)C1. The van der Waals surface area contributed by atoms with E-state index in [0.29, 0.717) is 35.6 Å². The summed E-state index contributed by atoms with van der Waals surface area (Å²) in [5.41, 5.74) is 0.524. The third-order valence-corrected chi connectivity index (χ3v) is 5.13. The minimum atomic E-state index is -0.148. The van der Waals surface area contributed by atoms with Crippen molar-refractivity contribution in [3.05, 3.63) is 59.2 Å². The van der Waals surface area contributed by atoms with Gasteiger partial charge < -0.3 is 19.8 Å². The van der Waals surface area contributed by atoms with Crippen molar-refractivity contribution in [1.82, 2.24) is 29.7 Å². The van der Waals surface area contributed by atoms with Gasteiger partial charge in [-0.2, -0.15) is 0 Å². The number of fused-ring (bicyclic) bond motifs is 1. The summed E-state index contributed by atoms with van der Waals surface area (Å²) in [7, 11) is 0.